The summed E-state index contributed by atoms with van der Waals surface area (Å²) >= 11 is 0. The molecule has 0 saturated carbocycles. The maximum atomic E-state index is 11.0. The highest BCUT2D eigenvalue weighted by molar-refractivity contribution is 5.78. The Morgan fingerprint density at radius 1 is 0.850 bits per heavy atom. The van der Waals surface area contributed by atoms with Gasteiger partial charge in [-0.15, -0.1) is 0 Å². The molecule has 0 fully saturated rings. The number of aldehydes is 1. The van der Waals surface area contributed by atoms with Gasteiger partial charge in [-0.25, -0.2) is 0 Å². The maximum Gasteiger partial charge on any atom is 0.203 e. The topological polar surface area (TPSA) is 44.8 Å². The lowest BCUT2D eigenvalue weighted by molar-refractivity contribution is 0.112. The molecule has 20 heavy (non-hydrogen) atoms. The van der Waals surface area contributed by atoms with Crippen molar-refractivity contribution in [2.75, 3.05) is 19.8 Å². The van der Waals surface area contributed by atoms with E-state index >= 15 is 0 Å². The molecule has 1 rings (SSSR count). The van der Waals surface area contributed by atoms with E-state index in [4.69, 9.17) is 14.2 Å². The van der Waals surface area contributed by atoms with E-state index in [9.17, 15) is 4.79 Å². The van der Waals surface area contributed by atoms with E-state index in [-0.39, 0.29) is 0 Å². The van der Waals surface area contributed by atoms with Gasteiger partial charge < -0.3 is 14.2 Å². The van der Waals surface area contributed by atoms with Crippen LogP contribution in [-0.2, 0) is 0 Å². The van der Waals surface area contributed by atoms with E-state index in [0.717, 1.165) is 6.29 Å². The summed E-state index contributed by atoms with van der Waals surface area (Å²) in [6, 6.07) is 3.19. The van der Waals surface area contributed by atoms with E-state index in [1.807, 2.05) is 0 Å². The van der Waals surface area contributed by atoms with Crippen LogP contribution in [0.2, 0.25) is 0 Å². The predicted octanol–water partition coefficient (Wildman–Crippen LogP) is 3.19. The molecule has 0 saturated heterocycles. The van der Waals surface area contributed by atoms with Crippen LogP contribution < -0.4 is 14.2 Å². The molecule has 0 bridgehead atoms. The van der Waals surface area contributed by atoms with Crippen LogP contribution in [0, 0.1) is 0 Å². The normalized spacial score (nSPS) is 9.40. The number of rotatable bonds is 10. The van der Waals surface area contributed by atoms with Gasteiger partial charge >= 0.3 is 0 Å². The molecule has 4 nitrogen and oxygen atoms in total. The Hall–Kier alpha value is -2.49. The van der Waals surface area contributed by atoms with Crippen molar-refractivity contribution in [1.29, 1.82) is 0 Å². The maximum absolute atomic E-state index is 11.0. The first-order valence-corrected chi connectivity index (χ1v) is 6.11. The molecule has 0 radical (unpaired) electrons. The van der Waals surface area contributed by atoms with Crippen molar-refractivity contribution >= 4 is 6.29 Å². The Bertz CT molecular complexity index is 458. The molecule has 106 valence electrons. The number of benzene rings is 1. The molecule has 0 amide bonds. The standard InChI is InChI=1S/C16H18O4/c1-4-7-18-14-10-13(12-17)11-15(19-8-5-2)16(14)20-9-6-3/h4-6,10-12H,1-3,7-9H2. The van der Waals surface area contributed by atoms with E-state index in [2.05, 4.69) is 19.7 Å². The first-order valence-electron chi connectivity index (χ1n) is 6.11. The van der Waals surface area contributed by atoms with Crippen LogP contribution in [0.15, 0.2) is 50.1 Å². The summed E-state index contributed by atoms with van der Waals surface area (Å²) in [5.41, 5.74) is 0.439. The molecule has 0 aromatic heterocycles. The molecule has 0 aliphatic carbocycles. The molecular weight excluding hydrogens is 256 g/mol. The lowest BCUT2D eigenvalue weighted by Crippen LogP contribution is -2.04. The SMILES string of the molecule is C=CCOc1cc(C=O)cc(OCC=C)c1OCC=C. The average molecular weight is 274 g/mol. The number of ether oxygens (including phenoxy) is 3. The quantitative estimate of drug-likeness (QED) is 0.485. The second-order valence-corrected chi connectivity index (χ2v) is 3.76. The van der Waals surface area contributed by atoms with Gasteiger partial charge in [0.05, 0.1) is 0 Å². The number of carbonyl (C=O) groups is 1. The van der Waals surface area contributed by atoms with Gasteiger partial charge in [-0.3, -0.25) is 4.79 Å². The van der Waals surface area contributed by atoms with Crippen LogP contribution >= 0.6 is 0 Å². The summed E-state index contributed by atoms with van der Waals surface area (Å²) in [7, 11) is 0. The van der Waals surface area contributed by atoms with Crippen molar-refractivity contribution in [3.8, 4) is 17.2 Å². The molecule has 0 heterocycles. The third-order valence-electron chi connectivity index (χ3n) is 2.24. The number of hydrogen-bond acceptors (Lipinski definition) is 4. The van der Waals surface area contributed by atoms with Crippen LogP contribution in [0.25, 0.3) is 0 Å². The molecule has 4 heteroatoms. The highest BCUT2D eigenvalue weighted by Crippen LogP contribution is 2.38. The zero-order valence-corrected chi connectivity index (χ0v) is 11.3. The van der Waals surface area contributed by atoms with Gasteiger partial charge in [0.15, 0.2) is 11.5 Å². The molecule has 0 spiro atoms. The minimum absolute atomic E-state index is 0.299. The van der Waals surface area contributed by atoms with E-state index < -0.39 is 0 Å². The zero-order chi connectivity index (χ0) is 14.8. The minimum atomic E-state index is 0.299. The van der Waals surface area contributed by atoms with E-state index in [0.29, 0.717) is 42.6 Å². The molecular formula is C16H18O4. The monoisotopic (exact) mass is 274 g/mol. The van der Waals surface area contributed by atoms with Crippen molar-refractivity contribution in [3.63, 3.8) is 0 Å². The van der Waals surface area contributed by atoms with Gasteiger partial charge in [-0.1, -0.05) is 38.0 Å². The third-order valence-corrected chi connectivity index (χ3v) is 2.24. The smallest absolute Gasteiger partial charge is 0.203 e. The molecule has 0 aliphatic rings. The largest absolute Gasteiger partial charge is 0.485 e. The van der Waals surface area contributed by atoms with Crippen molar-refractivity contribution in [1.82, 2.24) is 0 Å². The highest BCUT2D eigenvalue weighted by Gasteiger charge is 2.14. The summed E-state index contributed by atoms with van der Waals surface area (Å²) in [5, 5.41) is 0. The lowest BCUT2D eigenvalue weighted by Gasteiger charge is -2.16. The van der Waals surface area contributed by atoms with Crippen LogP contribution in [0.4, 0.5) is 0 Å². The Labute approximate surface area is 119 Å². The zero-order valence-electron chi connectivity index (χ0n) is 11.3. The van der Waals surface area contributed by atoms with Gasteiger partial charge in [0.2, 0.25) is 5.75 Å². The van der Waals surface area contributed by atoms with Crippen molar-refractivity contribution in [2.24, 2.45) is 0 Å². The first kappa shape index (κ1) is 15.6. The van der Waals surface area contributed by atoms with Crippen LogP contribution in [0.1, 0.15) is 10.4 Å². The van der Waals surface area contributed by atoms with Gasteiger partial charge in [-0.2, -0.15) is 0 Å². The fourth-order valence-electron chi connectivity index (χ4n) is 1.46. The van der Waals surface area contributed by atoms with Gasteiger partial charge in [0.25, 0.3) is 0 Å². The molecule has 0 atom stereocenters. The third kappa shape index (κ3) is 4.31. The molecule has 1 aromatic rings. The lowest BCUT2D eigenvalue weighted by atomic mass is 10.2. The summed E-state index contributed by atoms with van der Waals surface area (Å²) < 4.78 is 16.6. The number of hydrogen-bond donors (Lipinski definition) is 0. The fraction of sp³-hybridized carbons (Fsp3) is 0.188. The fourth-order valence-corrected chi connectivity index (χ4v) is 1.46. The Morgan fingerprint density at radius 2 is 1.30 bits per heavy atom. The molecule has 1 aromatic carbocycles. The summed E-state index contributed by atoms with van der Waals surface area (Å²) in [6.07, 6.45) is 5.55. The Morgan fingerprint density at radius 3 is 1.70 bits per heavy atom. The molecule has 0 N–H and O–H groups in total. The van der Waals surface area contributed by atoms with Crippen LogP contribution in [0.3, 0.4) is 0 Å². The minimum Gasteiger partial charge on any atom is -0.485 e. The van der Waals surface area contributed by atoms with Gasteiger partial charge in [-0.05, 0) is 12.1 Å². The summed E-state index contributed by atoms with van der Waals surface area (Å²) in [5.74, 6) is 1.28. The number of carbonyl (C=O) groups excluding carboxylic acids is 1. The summed E-state index contributed by atoms with van der Waals surface area (Å²) in [4.78, 5) is 11.0. The predicted molar refractivity (Wildman–Crippen MR) is 78.9 cm³/mol. The average Bonchev–Trinajstić information content (AvgIpc) is 2.48. The van der Waals surface area contributed by atoms with Crippen LogP contribution in [-0.4, -0.2) is 26.1 Å². The van der Waals surface area contributed by atoms with Crippen molar-refractivity contribution in [2.45, 2.75) is 0 Å². The summed E-state index contributed by atoms with van der Waals surface area (Å²) in [6.45, 7) is 11.7. The Kier molecular flexibility index (Phi) is 6.68. The molecule has 0 unspecified atom stereocenters. The van der Waals surface area contributed by atoms with Crippen LogP contribution in [0.5, 0.6) is 17.2 Å². The first-order chi connectivity index (χ1) is 9.76. The van der Waals surface area contributed by atoms with Gasteiger partial charge in [0.1, 0.15) is 26.1 Å². The second kappa shape index (κ2) is 8.58. The molecule has 0 aliphatic heterocycles. The van der Waals surface area contributed by atoms with E-state index in [1.165, 1.54) is 0 Å². The van der Waals surface area contributed by atoms with E-state index in [1.54, 1.807) is 30.4 Å². The highest BCUT2D eigenvalue weighted by atomic mass is 16.5. The van der Waals surface area contributed by atoms with Crippen molar-refractivity contribution < 1.29 is 19.0 Å². The second-order valence-electron chi connectivity index (χ2n) is 3.76. The van der Waals surface area contributed by atoms with Gasteiger partial charge in [0, 0.05) is 5.56 Å². The Balaban J connectivity index is 3.19. The van der Waals surface area contributed by atoms with Crippen molar-refractivity contribution in [3.05, 3.63) is 55.7 Å².